The van der Waals surface area contributed by atoms with Crippen LogP contribution in [0.25, 0.3) is 0 Å². The molecule has 1 aromatic carbocycles. The van der Waals surface area contributed by atoms with Gasteiger partial charge in [-0.05, 0) is 43.2 Å². The molecule has 0 spiro atoms. The number of carbonyl (C=O) groups excluding carboxylic acids is 1. The summed E-state index contributed by atoms with van der Waals surface area (Å²) < 4.78 is 0. The second-order valence-electron chi connectivity index (χ2n) is 5.82. The van der Waals surface area contributed by atoms with Gasteiger partial charge in [-0.15, -0.1) is 0 Å². The number of likely N-dealkylation sites (tertiary alicyclic amines) is 1. The quantitative estimate of drug-likeness (QED) is 0.806. The Morgan fingerprint density at radius 2 is 1.95 bits per heavy atom. The highest BCUT2D eigenvalue weighted by Gasteiger charge is 2.39. The Morgan fingerprint density at radius 1 is 1.21 bits per heavy atom. The van der Waals surface area contributed by atoms with Gasteiger partial charge < -0.3 is 15.7 Å². The largest absolute Gasteiger partial charge is 0.507 e. The van der Waals surface area contributed by atoms with Crippen LogP contribution in [0, 0.1) is 11.8 Å². The second-order valence-corrected chi connectivity index (χ2v) is 5.82. The number of fused-ring (bicyclic) bond motifs is 1. The lowest BCUT2D eigenvalue weighted by Crippen LogP contribution is -2.32. The van der Waals surface area contributed by atoms with E-state index in [4.69, 9.17) is 5.73 Å². The van der Waals surface area contributed by atoms with Crippen molar-refractivity contribution in [1.82, 2.24) is 4.90 Å². The van der Waals surface area contributed by atoms with Gasteiger partial charge in [-0.25, -0.2) is 0 Å². The molecule has 1 aliphatic heterocycles. The third-order valence-electron chi connectivity index (χ3n) is 4.51. The van der Waals surface area contributed by atoms with Crippen molar-refractivity contribution in [3.05, 3.63) is 29.8 Å². The van der Waals surface area contributed by atoms with Gasteiger partial charge in [0.15, 0.2) is 0 Å². The summed E-state index contributed by atoms with van der Waals surface area (Å²) in [6.07, 6.45) is 3.21. The van der Waals surface area contributed by atoms with Gasteiger partial charge in [0, 0.05) is 19.1 Å². The minimum Gasteiger partial charge on any atom is -0.507 e. The van der Waals surface area contributed by atoms with Gasteiger partial charge in [0.2, 0.25) is 0 Å². The van der Waals surface area contributed by atoms with Gasteiger partial charge in [0.1, 0.15) is 5.75 Å². The molecule has 1 heterocycles. The average Bonchev–Trinajstić information content (AvgIpc) is 2.81. The molecule has 4 heteroatoms. The molecule has 3 N–H and O–H groups in total. The van der Waals surface area contributed by atoms with Gasteiger partial charge in [-0.2, -0.15) is 0 Å². The van der Waals surface area contributed by atoms with Crippen LogP contribution in [0.3, 0.4) is 0 Å². The Kier molecular flexibility index (Phi) is 3.19. The van der Waals surface area contributed by atoms with Crippen LogP contribution in [0.4, 0.5) is 0 Å². The van der Waals surface area contributed by atoms with Crippen LogP contribution >= 0.6 is 0 Å². The van der Waals surface area contributed by atoms with Crippen LogP contribution in [-0.4, -0.2) is 35.0 Å². The van der Waals surface area contributed by atoms with Crippen molar-refractivity contribution in [2.75, 3.05) is 13.1 Å². The number of nitrogens with zero attached hydrogens (tertiary/aromatic N) is 1. The standard InChI is InChI=1S/C15H20N2O2/c16-12-6-5-10-8-17(9-11(10)7-12)15(19)13-3-1-2-4-14(13)18/h1-4,10-12,18H,5-9,16H2/t10-,11+,12?/m1/s1. The van der Waals surface area contributed by atoms with Crippen LogP contribution in [0.1, 0.15) is 29.6 Å². The van der Waals surface area contributed by atoms with E-state index in [-0.39, 0.29) is 11.7 Å². The third-order valence-corrected chi connectivity index (χ3v) is 4.51. The number of hydrogen-bond donors (Lipinski definition) is 2. The van der Waals surface area contributed by atoms with Gasteiger partial charge in [-0.1, -0.05) is 12.1 Å². The fraction of sp³-hybridized carbons (Fsp3) is 0.533. The van der Waals surface area contributed by atoms with Crippen LogP contribution in [0.5, 0.6) is 5.75 Å². The Bertz CT molecular complexity index is 489. The van der Waals surface area contributed by atoms with Gasteiger partial charge >= 0.3 is 0 Å². The summed E-state index contributed by atoms with van der Waals surface area (Å²) in [6.45, 7) is 1.59. The molecule has 3 rings (SSSR count). The van der Waals surface area contributed by atoms with Crippen molar-refractivity contribution in [2.24, 2.45) is 17.6 Å². The van der Waals surface area contributed by atoms with E-state index in [1.54, 1.807) is 24.3 Å². The molecule has 1 saturated carbocycles. The van der Waals surface area contributed by atoms with Crippen LogP contribution in [-0.2, 0) is 0 Å². The van der Waals surface area contributed by atoms with Gasteiger partial charge in [0.25, 0.3) is 5.91 Å². The molecule has 2 fully saturated rings. The first-order valence-electron chi connectivity index (χ1n) is 6.98. The number of benzene rings is 1. The van der Waals surface area contributed by atoms with E-state index in [0.29, 0.717) is 23.4 Å². The van der Waals surface area contributed by atoms with Crippen molar-refractivity contribution in [2.45, 2.75) is 25.3 Å². The highest BCUT2D eigenvalue weighted by molar-refractivity contribution is 5.97. The minimum absolute atomic E-state index is 0.0546. The average molecular weight is 260 g/mol. The van der Waals surface area contributed by atoms with Gasteiger partial charge in [0.05, 0.1) is 5.56 Å². The predicted octanol–water partition coefficient (Wildman–Crippen LogP) is 1.59. The Balaban J connectivity index is 1.74. The van der Waals surface area contributed by atoms with Crippen molar-refractivity contribution in [3.63, 3.8) is 0 Å². The van der Waals surface area contributed by atoms with Crippen molar-refractivity contribution in [3.8, 4) is 5.75 Å². The number of phenolic OH excluding ortho intramolecular Hbond substituents is 1. The number of carbonyl (C=O) groups is 1. The summed E-state index contributed by atoms with van der Waals surface area (Å²) in [6, 6.07) is 7.06. The normalized spacial score (nSPS) is 30.2. The summed E-state index contributed by atoms with van der Waals surface area (Å²) in [5.41, 5.74) is 6.41. The third kappa shape index (κ3) is 2.32. The molecule has 1 aliphatic carbocycles. The minimum atomic E-state index is -0.0546. The second kappa shape index (κ2) is 4.85. The topological polar surface area (TPSA) is 66.6 Å². The molecular formula is C15H20N2O2. The summed E-state index contributed by atoms with van der Waals surface area (Å²) in [7, 11) is 0. The van der Waals surface area contributed by atoms with Crippen molar-refractivity contribution < 1.29 is 9.90 Å². The molecule has 2 aliphatic rings. The zero-order valence-electron chi connectivity index (χ0n) is 11.0. The van der Waals surface area contributed by atoms with Crippen molar-refractivity contribution >= 4 is 5.91 Å². The highest BCUT2D eigenvalue weighted by atomic mass is 16.3. The summed E-state index contributed by atoms with van der Waals surface area (Å²) in [4.78, 5) is 14.3. The zero-order chi connectivity index (χ0) is 13.4. The molecule has 19 heavy (non-hydrogen) atoms. The number of amides is 1. The molecule has 0 radical (unpaired) electrons. The highest BCUT2D eigenvalue weighted by Crippen LogP contribution is 2.36. The molecule has 3 atom stereocenters. The SMILES string of the molecule is NC1CC[C@@H]2CN(C(=O)c3ccccc3O)C[C@@H]2C1. The molecule has 102 valence electrons. The van der Waals surface area contributed by atoms with E-state index >= 15 is 0 Å². The Labute approximate surface area is 113 Å². The van der Waals surface area contributed by atoms with E-state index in [9.17, 15) is 9.90 Å². The molecule has 1 unspecified atom stereocenters. The first-order valence-corrected chi connectivity index (χ1v) is 6.98. The van der Waals surface area contributed by atoms with Crippen molar-refractivity contribution in [1.29, 1.82) is 0 Å². The lowest BCUT2D eigenvalue weighted by Gasteiger charge is -2.27. The van der Waals surface area contributed by atoms with E-state index in [0.717, 1.165) is 32.4 Å². The lowest BCUT2D eigenvalue weighted by molar-refractivity contribution is 0.0781. The van der Waals surface area contributed by atoms with E-state index < -0.39 is 0 Å². The number of phenols is 1. The maximum Gasteiger partial charge on any atom is 0.257 e. The molecule has 4 nitrogen and oxygen atoms in total. The van der Waals surface area contributed by atoms with E-state index in [1.165, 1.54) is 0 Å². The van der Waals surface area contributed by atoms with E-state index in [1.807, 2.05) is 4.90 Å². The monoisotopic (exact) mass is 260 g/mol. The number of para-hydroxylation sites is 1. The van der Waals surface area contributed by atoms with E-state index in [2.05, 4.69) is 0 Å². The number of rotatable bonds is 1. The summed E-state index contributed by atoms with van der Waals surface area (Å²) in [5.74, 6) is 1.15. The first-order chi connectivity index (χ1) is 9.15. The number of aromatic hydroxyl groups is 1. The smallest absolute Gasteiger partial charge is 0.257 e. The molecule has 1 saturated heterocycles. The summed E-state index contributed by atoms with van der Waals surface area (Å²) in [5, 5.41) is 9.77. The maximum absolute atomic E-state index is 12.4. The lowest BCUT2D eigenvalue weighted by atomic mass is 9.79. The molecule has 1 amide bonds. The van der Waals surface area contributed by atoms with Crippen LogP contribution < -0.4 is 5.73 Å². The molecule has 0 aromatic heterocycles. The number of hydrogen-bond acceptors (Lipinski definition) is 3. The van der Waals surface area contributed by atoms with Gasteiger partial charge in [-0.3, -0.25) is 4.79 Å². The Hall–Kier alpha value is -1.55. The zero-order valence-corrected chi connectivity index (χ0v) is 11.0. The Morgan fingerprint density at radius 3 is 2.74 bits per heavy atom. The fourth-order valence-corrected chi connectivity index (χ4v) is 3.46. The predicted molar refractivity (Wildman–Crippen MR) is 72.8 cm³/mol. The van der Waals surface area contributed by atoms with Crippen LogP contribution in [0.15, 0.2) is 24.3 Å². The fourth-order valence-electron chi connectivity index (χ4n) is 3.46. The first kappa shape index (κ1) is 12.5. The maximum atomic E-state index is 12.4. The molecule has 1 aromatic rings. The molecule has 0 bridgehead atoms. The summed E-state index contributed by atoms with van der Waals surface area (Å²) >= 11 is 0. The number of nitrogens with two attached hydrogens (primary N) is 1. The molecular weight excluding hydrogens is 240 g/mol. The van der Waals surface area contributed by atoms with Crippen LogP contribution in [0.2, 0.25) is 0 Å².